The van der Waals surface area contributed by atoms with E-state index in [2.05, 4.69) is 5.32 Å². The maximum absolute atomic E-state index is 12.6. The monoisotopic (exact) mass is 439 g/mol. The number of rotatable bonds is 9. The minimum Gasteiger partial charge on any atom is -0.352 e. The average molecular weight is 440 g/mol. The topological polar surface area (TPSA) is 110 Å². The molecule has 1 unspecified atom stereocenters. The quantitative estimate of drug-likeness (QED) is 0.477. The summed E-state index contributed by atoms with van der Waals surface area (Å²) in [7, 11) is -2.85. The van der Waals surface area contributed by atoms with Gasteiger partial charge in [-0.25, -0.2) is 8.42 Å². The van der Waals surface area contributed by atoms with Gasteiger partial charge in [0, 0.05) is 19.2 Å². The van der Waals surface area contributed by atoms with Crippen molar-refractivity contribution >= 4 is 33.2 Å². The molecule has 0 aliphatic heterocycles. The Morgan fingerprint density at radius 1 is 1.24 bits per heavy atom. The van der Waals surface area contributed by atoms with Gasteiger partial charge in [-0.15, -0.1) is 0 Å². The Kier molecular flexibility index (Phi) is 7.72. The van der Waals surface area contributed by atoms with Crippen molar-refractivity contribution in [3.05, 3.63) is 69.2 Å². The van der Waals surface area contributed by atoms with Crippen LogP contribution in [-0.4, -0.2) is 43.2 Å². The molecule has 8 nitrogen and oxygen atoms in total. The molecule has 0 saturated heterocycles. The van der Waals surface area contributed by atoms with Gasteiger partial charge in [0.1, 0.15) is 5.02 Å². The fourth-order valence-electron chi connectivity index (χ4n) is 2.68. The summed E-state index contributed by atoms with van der Waals surface area (Å²) in [5.41, 5.74) is 0.637. The second-order valence-electron chi connectivity index (χ2n) is 6.62. The first-order chi connectivity index (χ1) is 13.6. The summed E-state index contributed by atoms with van der Waals surface area (Å²) >= 11 is 5.72. The number of halogens is 1. The molecular weight excluding hydrogens is 418 g/mol. The number of likely N-dealkylation sites (N-methyl/N-ethyl adjacent to an activating group) is 1. The van der Waals surface area contributed by atoms with Crippen molar-refractivity contribution in [1.29, 1.82) is 0 Å². The van der Waals surface area contributed by atoms with Crippen molar-refractivity contribution in [2.45, 2.75) is 30.7 Å². The van der Waals surface area contributed by atoms with Crippen molar-refractivity contribution < 1.29 is 18.1 Å². The molecule has 0 radical (unpaired) electrons. The average Bonchev–Trinajstić information content (AvgIpc) is 2.67. The van der Waals surface area contributed by atoms with E-state index < -0.39 is 33.1 Å². The Hall–Kier alpha value is -2.49. The maximum atomic E-state index is 12.6. The third kappa shape index (κ3) is 6.25. The van der Waals surface area contributed by atoms with Crippen LogP contribution >= 0.6 is 11.6 Å². The molecule has 1 amide bonds. The van der Waals surface area contributed by atoms with E-state index in [0.29, 0.717) is 6.42 Å². The molecular formula is C19H22ClN3O5S. The Bertz CT molecular complexity index is 983. The zero-order valence-corrected chi connectivity index (χ0v) is 17.6. The van der Waals surface area contributed by atoms with Crippen LogP contribution in [0.15, 0.2) is 53.4 Å². The molecule has 0 aliphatic carbocycles. The SMILES string of the molecule is CC(CCc1ccccc1)NC(=O)CN(C)S(=O)(=O)c1ccc(Cl)c([N+](=O)[O-])c1. The third-order valence-electron chi connectivity index (χ3n) is 4.30. The number of nitrogens with zero attached hydrogens (tertiary/aromatic N) is 2. The minimum atomic E-state index is -4.09. The number of amides is 1. The first-order valence-corrected chi connectivity index (χ1v) is 10.7. The fraction of sp³-hybridized carbons (Fsp3) is 0.316. The summed E-state index contributed by atoms with van der Waals surface area (Å²) in [6.45, 7) is 1.44. The van der Waals surface area contributed by atoms with Gasteiger partial charge in [-0.3, -0.25) is 14.9 Å². The molecule has 0 saturated carbocycles. The Morgan fingerprint density at radius 2 is 1.90 bits per heavy atom. The maximum Gasteiger partial charge on any atom is 0.289 e. The second kappa shape index (κ2) is 9.82. The predicted molar refractivity (Wildman–Crippen MR) is 110 cm³/mol. The van der Waals surface area contributed by atoms with E-state index in [0.717, 1.165) is 28.4 Å². The third-order valence-corrected chi connectivity index (χ3v) is 6.42. The van der Waals surface area contributed by atoms with E-state index in [1.807, 2.05) is 37.3 Å². The van der Waals surface area contributed by atoms with Gasteiger partial charge in [-0.2, -0.15) is 4.31 Å². The van der Waals surface area contributed by atoms with E-state index in [4.69, 9.17) is 11.6 Å². The van der Waals surface area contributed by atoms with Crippen LogP contribution in [0, 0.1) is 10.1 Å². The molecule has 1 N–H and O–H groups in total. The number of benzene rings is 2. The smallest absolute Gasteiger partial charge is 0.289 e. The first-order valence-electron chi connectivity index (χ1n) is 8.85. The van der Waals surface area contributed by atoms with Gasteiger partial charge in [-0.05, 0) is 37.5 Å². The number of carbonyl (C=O) groups is 1. The standard InChI is InChI=1S/C19H22ClN3O5S/c1-14(8-9-15-6-4-3-5-7-15)21-19(24)13-22(2)29(27,28)16-10-11-17(20)18(12-16)23(25)26/h3-7,10-12,14H,8-9,13H2,1-2H3,(H,21,24). The highest BCUT2D eigenvalue weighted by Gasteiger charge is 2.26. The molecule has 0 heterocycles. The molecule has 2 rings (SSSR count). The predicted octanol–water partition coefficient (Wildman–Crippen LogP) is 3.01. The van der Waals surface area contributed by atoms with Crippen molar-refractivity contribution in [3.8, 4) is 0 Å². The highest BCUT2D eigenvalue weighted by atomic mass is 35.5. The molecule has 0 bridgehead atoms. The van der Waals surface area contributed by atoms with Crippen LogP contribution in [0.25, 0.3) is 0 Å². The van der Waals surface area contributed by atoms with Crippen molar-refractivity contribution in [2.24, 2.45) is 0 Å². The lowest BCUT2D eigenvalue weighted by Gasteiger charge is -2.19. The molecule has 156 valence electrons. The number of nitro groups is 1. The molecule has 29 heavy (non-hydrogen) atoms. The van der Waals surface area contributed by atoms with E-state index in [9.17, 15) is 23.3 Å². The molecule has 1 atom stereocenters. The van der Waals surface area contributed by atoms with E-state index in [1.165, 1.54) is 13.1 Å². The number of nitrogens with one attached hydrogen (secondary N) is 1. The van der Waals surface area contributed by atoms with Crippen molar-refractivity contribution in [2.75, 3.05) is 13.6 Å². The molecule has 10 heteroatoms. The lowest BCUT2D eigenvalue weighted by molar-refractivity contribution is -0.384. The van der Waals surface area contributed by atoms with E-state index in [1.54, 1.807) is 0 Å². The van der Waals surface area contributed by atoms with Crippen LogP contribution in [0.5, 0.6) is 0 Å². The largest absolute Gasteiger partial charge is 0.352 e. The number of hydrogen-bond donors (Lipinski definition) is 1. The molecule has 0 spiro atoms. The Morgan fingerprint density at radius 3 is 2.52 bits per heavy atom. The van der Waals surface area contributed by atoms with Gasteiger partial charge >= 0.3 is 0 Å². The van der Waals surface area contributed by atoms with Crippen LogP contribution in [0.4, 0.5) is 5.69 Å². The summed E-state index contributed by atoms with van der Waals surface area (Å²) in [6, 6.07) is 12.9. The summed E-state index contributed by atoms with van der Waals surface area (Å²) in [6.07, 6.45) is 1.49. The number of sulfonamides is 1. The normalized spacial score (nSPS) is 12.6. The Labute approximate surface area is 174 Å². The van der Waals surface area contributed by atoms with Crippen molar-refractivity contribution in [3.63, 3.8) is 0 Å². The second-order valence-corrected chi connectivity index (χ2v) is 9.08. The van der Waals surface area contributed by atoms with Gasteiger partial charge in [0.25, 0.3) is 5.69 Å². The number of hydrogen-bond acceptors (Lipinski definition) is 5. The van der Waals surface area contributed by atoms with Crippen molar-refractivity contribution in [1.82, 2.24) is 9.62 Å². The molecule has 0 aliphatic rings. The molecule has 2 aromatic carbocycles. The lowest BCUT2D eigenvalue weighted by Crippen LogP contribution is -2.41. The summed E-state index contributed by atoms with van der Waals surface area (Å²) in [4.78, 5) is 22.2. The van der Waals surface area contributed by atoms with Gasteiger partial charge < -0.3 is 5.32 Å². The molecule has 2 aromatic rings. The molecule has 0 aromatic heterocycles. The summed E-state index contributed by atoms with van der Waals surface area (Å²) in [5, 5.41) is 13.6. The summed E-state index contributed by atoms with van der Waals surface area (Å²) < 4.78 is 26.1. The Balaban J connectivity index is 1.97. The van der Waals surface area contributed by atoms with Gasteiger partial charge in [0.2, 0.25) is 15.9 Å². The lowest BCUT2D eigenvalue weighted by atomic mass is 10.1. The fourth-order valence-corrected chi connectivity index (χ4v) is 4.01. The first kappa shape index (κ1) is 22.8. The zero-order valence-electron chi connectivity index (χ0n) is 16.0. The molecule has 0 fully saturated rings. The number of carbonyl (C=O) groups excluding carboxylic acids is 1. The van der Waals surface area contributed by atoms with Crippen LogP contribution in [0.1, 0.15) is 18.9 Å². The van der Waals surface area contributed by atoms with E-state index >= 15 is 0 Å². The van der Waals surface area contributed by atoms with Crippen LogP contribution in [0.3, 0.4) is 0 Å². The van der Waals surface area contributed by atoms with Crippen LogP contribution < -0.4 is 5.32 Å². The van der Waals surface area contributed by atoms with Gasteiger partial charge in [-0.1, -0.05) is 41.9 Å². The highest BCUT2D eigenvalue weighted by Crippen LogP contribution is 2.28. The van der Waals surface area contributed by atoms with Crippen LogP contribution in [0.2, 0.25) is 5.02 Å². The van der Waals surface area contributed by atoms with Gasteiger partial charge in [0.05, 0.1) is 16.4 Å². The number of aryl methyl sites for hydroxylation is 1. The number of nitro benzene ring substituents is 1. The highest BCUT2D eigenvalue weighted by molar-refractivity contribution is 7.89. The zero-order chi connectivity index (χ0) is 21.6. The van der Waals surface area contributed by atoms with Crippen LogP contribution in [-0.2, 0) is 21.2 Å². The van der Waals surface area contributed by atoms with E-state index in [-0.39, 0.29) is 16.0 Å². The van der Waals surface area contributed by atoms with Gasteiger partial charge in [0.15, 0.2) is 0 Å². The summed E-state index contributed by atoms with van der Waals surface area (Å²) in [5.74, 6) is -0.458. The minimum absolute atomic E-state index is 0.143.